The predicted octanol–water partition coefficient (Wildman–Crippen LogP) is 3.82. The lowest BCUT2D eigenvalue weighted by Gasteiger charge is -2.12. The number of halogens is 1. The van der Waals surface area contributed by atoms with Crippen molar-refractivity contribution in [2.24, 2.45) is 11.7 Å². The van der Waals surface area contributed by atoms with Crippen LogP contribution in [0.5, 0.6) is 0 Å². The number of benzene rings is 2. The van der Waals surface area contributed by atoms with Crippen molar-refractivity contribution in [3.63, 3.8) is 0 Å². The summed E-state index contributed by atoms with van der Waals surface area (Å²) in [5, 5.41) is 8.41. The number of carbonyl (C=O) groups is 2. The molecule has 26 heavy (non-hydrogen) atoms. The average Bonchev–Trinajstić information content (AvgIpc) is 3.02. The number of hydrogen-bond acceptors (Lipinski definition) is 3. The lowest BCUT2D eigenvalue weighted by Crippen LogP contribution is -2.23. The van der Waals surface area contributed by atoms with Gasteiger partial charge in [-0.15, -0.1) is 12.4 Å². The van der Waals surface area contributed by atoms with Gasteiger partial charge in [0.15, 0.2) is 0 Å². The Balaban J connectivity index is 0.00000243. The van der Waals surface area contributed by atoms with Crippen molar-refractivity contribution < 1.29 is 9.59 Å². The first-order valence-electron chi connectivity index (χ1n) is 8.40. The Kier molecular flexibility index (Phi) is 7.00. The SMILES string of the molecule is Cl.NC1CCC(C(=O)Nc2cccc(NC(=O)Nc3ccccc3)c2)C1. The zero-order valence-electron chi connectivity index (χ0n) is 14.3. The molecule has 2 aromatic carbocycles. The highest BCUT2D eigenvalue weighted by Crippen LogP contribution is 2.26. The number of rotatable bonds is 4. The maximum Gasteiger partial charge on any atom is 0.323 e. The van der Waals surface area contributed by atoms with Gasteiger partial charge in [0.05, 0.1) is 0 Å². The van der Waals surface area contributed by atoms with E-state index in [0.717, 1.165) is 19.3 Å². The molecule has 0 aromatic heterocycles. The second-order valence-electron chi connectivity index (χ2n) is 6.29. The maximum absolute atomic E-state index is 12.3. The van der Waals surface area contributed by atoms with Crippen LogP contribution in [0.3, 0.4) is 0 Å². The molecule has 0 radical (unpaired) electrons. The highest BCUT2D eigenvalue weighted by molar-refractivity contribution is 6.00. The Bertz CT molecular complexity index is 754. The van der Waals surface area contributed by atoms with Crippen molar-refractivity contribution in [1.82, 2.24) is 0 Å². The third-order valence-corrected chi connectivity index (χ3v) is 4.26. The Morgan fingerprint density at radius 1 is 0.846 bits per heavy atom. The molecule has 2 atom stereocenters. The van der Waals surface area contributed by atoms with E-state index in [-0.39, 0.29) is 36.3 Å². The minimum Gasteiger partial charge on any atom is -0.328 e. The second-order valence-corrected chi connectivity index (χ2v) is 6.29. The molecule has 1 saturated carbocycles. The van der Waals surface area contributed by atoms with Crippen molar-refractivity contribution >= 4 is 41.4 Å². The third-order valence-electron chi connectivity index (χ3n) is 4.26. The molecule has 1 aliphatic carbocycles. The summed E-state index contributed by atoms with van der Waals surface area (Å²) in [6.07, 6.45) is 2.44. The van der Waals surface area contributed by atoms with Crippen LogP contribution in [-0.2, 0) is 4.79 Å². The zero-order valence-corrected chi connectivity index (χ0v) is 15.1. The number of amides is 3. The number of nitrogens with two attached hydrogens (primary N) is 1. The topological polar surface area (TPSA) is 96.2 Å². The van der Waals surface area contributed by atoms with Crippen molar-refractivity contribution in [1.29, 1.82) is 0 Å². The average molecular weight is 375 g/mol. The minimum absolute atomic E-state index is 0. The fraction of sp³-hybridized carbons (Fsp3) is 0.263. The molecule has 1 aliphatic rings. The van der Waals surface area contributed by atoms with Crippen molar-refractivity contribution in [2.45, 2.75) is 25.3 Å². The molecule has 0 saturated heterocycles. The molecule has 138 valence electrons. The smallest absolute Gasteiger partial charge is 0.323 e. The summed E-state index contributed by atoms with van der Waals surface area (Å²) in [5.41, 5.74) is 7.84. The van der Waals surface area contributed by atoms with Crippen LogP contribution in [0.1, 0.15) is 19.3 Å². The summed E-state index contributed by atoms with van der Waals surface area (Å²) in [6.45, 7) is 0. The van der Waals surface area contributed by atoms with Gasteiger partial charge in [0.25, 0.3) is 0 Å². The van der Waals surface area contributed by atoms with Crippen LogP contribution in [0, 0.1) is 5.92 Å². The van der Waals surface area contributed by atoms with Crippen LogP contribution < -0.4 is 21.7 Å². The number of carbonyl (C=O) groups excluding carboxylic acids is 2. The summed E-state index contributed by atoms with van der Waals surface area (Å²) < 4.78 is 0. The Morgan fingerprint density at radius 3 is 2.12 bits per heavy atom. The maximum atomic E-state index is 12.3. The molecule has 3 rings (SSSR count). The first kappa shape index (κ1) is 19.8. The summed E-state index contributed by atoms with van der Waals surface area (Å²) in [6, 6.07) is 16.1. The lowest BCUT2D eigenvalue weighted by atomic mass is 10.1. The molecule has 2 unspecified atom stereocenters. The number of para-hydroxylation sites is 1. The fourth-order valence-electron chi connectivity index (χ4n) is 2.99. The first-order valence-corrected chi connectivity index (χ1v) is 8.40. The fourth-order valence-corrected chi connectivity index (χ4v) is 2.99. The van der Waals surface area contributed by atoms with E-state index in [1.165, 1.54) is 0 Å². The Hall–Kier alpha value is -2.57. The number of urea groups is 1. The van der Waals surface area contributed by atoms with Crippen LogP contribution in [0.15, 0.2) is 54.6 Å². The monoisotopic (exact) mass is 374 g/mol. The van der Waals surface area contributed by atoms with E-state index in [4.69, 9.17) is 5.73 Å². The number of nitrogens with one attached hydrogen (secondary N) is 3. The van der Waals surface area contributed by atoms with Gasteiger partial charge in [-0.25, -0.2) is 4.79 Å². The molecule has 6 nitrogen and oxygen atoms in total. The molecule has 1 fully saturated rings. The number of hydrogen-bond donors (Lipinski definition) is 4. The van der Waals surface area contributed by atoms with E-state index in [1.54, 1.807) is 24.3 Å². The van der Waals surface area contributed by atoms with Gasteiger partial charge in [0.1, 0.15) is 0 Å². The Labute approximate surface area is 159 Å². The van der Waals surface area contributed by atoms with Gasteiger partial charge in [-0.05, 0) is 49.6 Å². The lowest BCUT2D eigenvalue weighted by molar-refractivity contribution is -0.119. The Morgan fingerprint density at radius 2 is 1.46 bits per heavy atom. The predicted molar refractivity (Wildman–Crippen MR) is 107 cm³/mol. The van der Waals surface area contributed by atoms with E-state index in [1.807, 2.05) is 30.3 Å². The van der Waals surface area contributed by atoms with E-state index >= 15 is 0 Å². The van der Waals surface area contributed by atoms with Crippen molar-refractivity contribution in [3.05, 3.63) is 54.6 Å². The highest BCUT2D eigenvalue weighted by Gasteiger charge is 2.27. The zero-order chi connectivity index (χ0) is 17.6. The van der Waals surface area contributed by atoms with Crippen LogP contribution >= 0.6 is 12.4 Å². The number of anilines is 3. The van der Waals surface area contributed by atoms with Crippen LogP contribution in [0.4, 0.5) is 21.9 Å². The van der Waals surface area contributed by atoms with E-state index in [0.29, 0.717) is 17.1 Å². The first-order chi connectivity index (χ1) is 12.1. The quantitative estimate of drug-likeness (QED) is 0.655. The molecule has 3 amide bonds. The van der Waals surface area contributed by atoms with Gasteiger partial charge in [-0.2, -0.15) is 0 Å². The van der Waals surface area contributed by atoms with E-state index in [9.17, 15) is 9.59 Å². The van der Waals surface area contributed by atoms with Gasteiger partial charge < -0.3 is 21.7 Å². The molecule has 0 aliphatic heterocycles. The second kappa shape index (κ2) is 9.22. The molecule has 0 heterocycles. The molecule has 7 heteroatoms. The van der Waals surface area contributed by atoms with Gasteiger partial charge >= 0.3 is 6.03 Å². The van der Waals surface area contributed by atoms with E-state index in [2.05, 4.69) is 16.0 Å². The van der Waals surface area contributed by atoms with Gasteiger partial charge in [-0.1, -0.05) is 24.3 Å². The van der Waals surface area contributed by atoms with E-state index < -0.39 is 0 Å². The van der Waals surface area contributed by atoms with Crippen LogP contribution in [0.2, 0.25) is 0 Å². The highest BCUT2D eigenvalue weighted by atomic mass is 35.5. The molecule has 5 N–H and O–H groups in total. The largest absolute Gasteiger partial charge is 0.328 e. The van der Waals surface area contributed by atoms with Gasteiger partial charge in [0.2, 0.25) is 5.91 Å². The summed E-state index contributed by atoms with van der Waals surface area (Å²) in [4.78, 5) is 24.3. The summed E-state index contributed by atoms with van der Waals surface area (Å²) in [7, 11) is 0. The molecule has 2 aromatic rings. The summed E-state index contributed by atoms with van der Waals surface area (Å²) >= 11 is 0. The van der Waals surface area contributed by atoms with Gasteiger partial charge in [0, 0.05) is 29.0 Å². The normalized spacial score (nSPS) is 18.5. The van der Waals surface area contributed by atoms with Gasteiger partial charge in [-0.3, -0.25) is 4.79 Å². The minimum atomic E-state index is -0.337. The molecular formula is C19H23ClN4O2. The van der Waals surface area contributed by atoms with Crippen LogP contribution in [-0.4, -0.2) is 18.0 Å². The summed E-state index contributed by atoms with van der Waals surface area (Å²) in [5.74, 6) is -0.0492. The molecular weight excluding hydrogens is 352 g/mol. The molecule has 0 bridgehead atoms. The molecule has 0 spiro atoms. The third kappa shape index (κ3) is 5.47. The standard InChI is InChI=1S/C19H22N4O2.ClH/c20-14-10-9-13(11-14)18(24)21-16-7-4-8-17(12-16)23-19(25)22-15-5-2-1-3-6-15;/h1-8,12-14H,9-11,20H2,(H,21,24)(H2,22,23,25);1H. The van der Waals surface area contributed by atoms with Crippen molar-refractivity contribution in [3.8, 4) is 0 Å². The van der Waals surface area contributed by atoms with Crippen LogP contribution in [0.25, 0.3) is 0 Å². The van der Waals surface area contributed by atoms with Crippen molar-refractivity contribution in [2.75, 3.05) is 16.0 Å².